The third-order valence-electron chi connectivity index (χ3n) is 2.66. The lowest BCUT2D eigenvalue weighted by molar-refractivity contribution is 0.939. The molecule has 3 heteroatoms. The van der Waals surface area contributed by atoms with Crippen LogP contribution in [0.1, 0.15) is 0 Å². The molecule has 3 rings (SSSR count). The summed E-state index contributed by atoms with van der Waals surface area (Å²) in [6, 6.07) is 12.3. The number of fused-ring (bicyclic) bond motifs is 2. The summed E-state index contributed by atoms with van der Waals surface area (Å²) >= 11 is 1.30. The highest BCUT2D eigenvalue weighted by Crippen LogP contribution is 2.23. The summed E-state index contributed by atoms with van der Waals surface area (Å²) in [4.78, 5) is 11.6. The van der Waals surface area contributed by atoms with Crippen LogP contribution >= 0.6 is 11.3 Å². The van der Waals surface area contributed by atoms with Crippen molar-refractivity contribution in [3.8, 4) is 0 Å². The van der Waals surface area contributed by atoms with Crippen LogP contribution in [0.3, 0.4) is 0 Å². The molecule has 0 saturated carbocycles. The smallest absolute Gasteiger partial charge is 0.302 e. The second-order valence-corrected chi connectivity index (χ2v) is 4.59. The number of thiazole rings is 1. The minimum Gasteiger partial charge on any atom is -0.302 e. The van der Waals surface area contributed by atoms with Gasteiger partial charge in [-0.25, -0.2) is 0 Å². The highest BCUT2D eigenvalue weighted by molar-refractivity contribution is 7.16. The van der Waals surface area contributed by atoms with Gasteiger partial charge in [-0.1, -0.05) is 35.6 Å². The second kappa shape index (κ2) is 2.94. The average Bonchev–Trinajstić information content (AvgIpc) is 2.52. The van der Waals surface area contributed by atoms with E-state index in [0.717, 1.165) is 10.2 Å². The molecular formula is C12H9NOS. The summed E-state index contributed by atoms with van der Waals surface area (Å²) < 4.78 is 2.76. The van der Waals surface area contributed by atoms with Crippen molar-refractivity contribution in [2.45, 2.75) is 0 Å². The van der Waals surface area contributed by atoms with E-state index in [1.54, 1.807) is 4.57 Å². The molecule has 2 aromatic carbocycles. The van der Waals surface area contributed by atoms with Crippen LogP contribution in [-0.2, 0) is 7.05 Å². The Bertz CT molecular complexity index is 708. The molecule has 0 aliphatic rings. The van der Waals surface area contributed by atoms with Gasteiger partial charge in [0.25, 0.3) is 0 Å². The number of hydrogen-bond acceptors (Lipinski definition) is 2. The number of nitrogens with zero attached hydrogens (tertiary/aromatic N) is 1. The second-order valence-electron chi connectivity index (χ2n) is 3.59. The summed E-state index contributed by atoms with van der Waals surface area (Å²) in [5.74, 6) is 0. The van der Waals surface area contributed by atoms with Crippen molar-refractivity contribution in [2.75, 3.05) is 0 Å². The van der Waals surface area contributed by atoms with E-state index in [1.807, 2.05) is 19.2 Å². The van der Waals surface area contributed by atoms with Crippen LogP contribution in [0.5, 0.6) is 0 Å². The molecular weight excluding hydrogens is 206 g/mol. The average molecular weight is 215 g/mol. The van der Waals surface area contributed by atoms with Crippen molar-refractivity contribution in [2.24, 2.45) is 7.05 Å². The maximum atomic E-state index is 11.5. The first-order valence-electron chi connectivity index (χ1n) is 4.74. The summed E-state index contributed by atoms with van der Waals surface area (Å²) in [5.41, 5.74) is 1.02. The highest BCUT2D eigenvalue weighted by atomic mass is 32.1. The largest absolute Gasteiger partial charge is 0.307 e. The Morgan fingerprint density at radius 2 is 1.80 bits per heavy atom. The van der Waals surface area contributed by atoms with Gasteiger partial charge in [-0.05, 0) is 22.9 Å². The zero-order valence-corrected chi connectivity index (χ0v) is 9.04. The van der Waals surface area contributed by atoms with Gasteiger partial charge in [0.1, 0.15) is 0 Å². The van der Waals surface area contributed by atoms with E-state index in [-0.39, 0.29) is 4.87 Å². The third kappa shape index (κ3) is 1.20. The van der Waals surface area contributed by atoms with Crippen molar-refractivity contribution in [1.82, 2.24) is 4.57 Å². The Hall–Kier alpha value is -1.61. The Morgan fingerprint density at radius 1 is 1.13 bits per heavy atom. The van der Waals surface area contributed by atoms with Crippen LogP contribution in [0.4, 0.5) is 0 Å². The molecule has 1 aromatic heterocycles. The lowest BCUT2D eigenvalue weighted by atomic mass is 10.1. The molecule has 0 unspecified atom stereocenters. The topological polar surface area (TPSA) is 22.0 Å². The van der Waals surface area contributed by atoms with Gasteiger partial charge in [0.05, 0.1) is 10.2 Å². The summed E-state index contributed by atoms with van der Waals surface area (Å²) in [6.45, 7) is 0. The molecule has 0 radical (unpaired) electrons. The number of aromatic nitrogens is 1. The Labute approximate surface area is 90.4 Å². The van der Waals surface area contributed by atoms with E-state index < -0.39 is 0 Å². The number of hydrogen-bond donors (Lipinski definition) is 0. The van der Waals surface area contributed by atoms with E-state index in [1.165, 1.54) is 22.1 Å². The van der Waals surface area contributed by atoms with Gasteiger partial charge < -0.3 is 4.57 Å². The monoisotopic (exact) mass is 215 g/mol. The van der Waals surface area contributed by atoms with Crippen LogP contribution < -0.4 is 4.87 Å². The van der Waals surface area contributed by atoms with Crippen LogP contribution in [-0.4, -0.2) is 4.57 Å². The molecule has 0 aliphatic carbocycles. The third-order valence-corrected chi connectivity index (χ3v) is 3.66. The van der Waals surface area contributed by atoms with Gasteiger partial charge in [0.2, 0.25) is 0 Å². The van der Waals surface area contributed by atoms with Gasteiger partial charge in [-0.15, -0.1) is 0 Å². The standard InChI is InChI=1S/C12H9NOS/c1-13-10-6-8-4-2-3-5-9(8)7-11(10)15-12(13)14/h2-7H,1H3. The first kappa shape index (κ1) is 8.68. The molecule has 3 aromatic rings. The van der Waals surface area contributed by atoms with Gasteiger partial charge in [-0.3, -0.25) is 4.79 Å². The summed E-state index contributed by atoms with van der Waals surface area (Å²) in [5, 5.41) is 2.37. The van der Waals surface area contributed by atoms with E-state index in [0.29, 0.717) is 0 Å². The Kier molecular flexibility index (Phi) is 1.70. The fourth-order valence-electron chi connectivity index (χ4n) is 1.81. The predicted octanol–water partition coefficient (Wildman–Crippen LogP) is 2.75. The van der Waals surface area contributed by atoms with Crippen molar-refractivity contribution in [3.05, 3.63) is 46.1 Å². The SMILES string of the molecule is Cn1c(=O)sc2cc3ccccc3cc21. The quantitative estimate of drug-likeness (QED) is 0.565. The summed E-state index contributed by atoms with van der Waals surface area (Å²) in [7, 11) is 1.82. The normalized spacial score (nSPS) is 11.3. The van der Waals surface area contributed by atoms with E-state index in [9.17, 15) is 4.79 Å². The molecule has 0 fully saturated rings. The van der Waals surface area contributed by atoms with Crippen molar-refractivity contribution >= 4 is 32.3 Å². The minimum atomic E-state index is 0.0975. The van der Waals surface area contributed by atoms with Gasteiger partial charge in [0.15, 0.2) is 0 Å². The van der Waals surface area contributed by atoms with E-state index in [2.05, 4.69) is 24.3 Å². The van der Waals surface area contributed by atoms with Crippen LogP contribution in [0, 0.1) is 0 Å². The lowest BCUT2D eigenvalue weighted by Gasteiger charge is -1.98. The number of aryl methyl sites for hydroxylation is 1. The molecule has 74 valence electrons. The van der Waals surface area contributed by atoms with Crippen LogP contribution in [0.2, 0.25) is 0 Å². The van der Waals surface area contributed by atoms with Crippen LogP contribution in [0.25, 0.3) is 21.0 Å². The Morgan fingerprint density at radius 3 is 2.53 bits per heavy atom. The first-order chi connectivity index (χ1) is 7.25. The molecule has 0 atom stereocenters. The maximum Gasteiger partial charge on any atom is 0.307 e. The van der Waals surface area contributed by atoms with E-state index in [4.69, 9.17) is 0 Å². The van der Waals surface area contributed by atoms with Crippen molar-refractivity contribution in [1.29, 1.82) is 0 Å². The first-order valence-corrected chi connectivity index (χ1v) is 5.56. The number of benzene rings is 2. The number of rotatable bonds is 0. The van der Waals surface area contributed by atoms with Crippen molar-refractivity contribution < 1.29 is 0 Å². The molecule has 0 aliphatic heterocycles. The maximum absolute atomic E-state index is 11.5. The molecule has 0 N–H and O–H groups in total. The minimum absolute atomic E-state index is 0.0975. The molecule has 0 spiro atoms. The molecule has 0 saturated heterocycles. The molecule has 15 heavy (non-hydrogen) atoms. The van der Waals surface area contributed by atoms with Gasteiger partial charge in [-0.2, -0.15) is 0 Å². The highest BCUT2D eigenvalue weighted by Gasteiger charge is 2.04. The van der Waals surface area contributed by atoms with Gasteiger partial charge in [0, 0.05) is 7.05 Å². The van der Waals surface area contributed by atoms with Crippen molar-refractivity contribution in [3.63, 3.8) is 0 Å². The molecule has 1 heterocycles. The van der Waals surface area contributed by atoms with Crippen LogP contribution in [0.15, 0.2) is 41.2 Å². The summed E-state index contributed by atoms with van der Waals surface area (Å²) in [6.07, 6.45) is 0. The fraction of sp³-hybridized carbons (Fsp3) is 0.0833. The van der Waals surface area contributed by atoms with Gasteiger partial charge >= 0.3 is 4.87 Å². The zero-order chi connectivity index (χ0) is 10.4. The lowest BCUT2D eigenvalue weighted by Crippen LogP contribution is -2.06. The Balaban J connectivity index is 2.58. The van der Waals surface area contributed by atoms with E-state index >= 15 is 0 Å². The predicted molar refractivity (Wildman–Crippen MR) is 64.6 cm³/mol. The molecule has 0 bridgehead atoms. The fourth-order valence-corrected chi connectivity index (χ4v) is 2.72. The zero-order valence-electron chi connectivity index (χ0n) is 8.23. The molecule has 2 nitrogen and oxygen atoms in total. The molecule has 0 amide bonds.